The number of aromatic nitrogens is 3. The zero-order valence-corrected chi connectivity index (χ0v) is 15.6. The highest BCUT2D eigenvalue weighted by molar-refractivity contribution is 5.36. The van der Waals surface area contributed by atoms with Crippen molar-refractivity contribution in [1.82, 2.24) is 9.78 Å². The smallest absolute Gasteiger partial charge is 0.304 e. The lowest BCUT2D eigenvalue weighted by atomic mass is 9.70. The number of halogens is 5. The van der Waals surface area contributed by atoms with Crippen LogP contribution in [0.5, 0.6) is 0 Å². The standard InChI is InChI=1S/C19H19F5N3O/c1-18(2)8-4-5-19(18,3)17-15(8)26-7-27(25-9(26)6-28-17)16-13(23)11(21)10(20)12(22)14(16)24/h7-8,15,17H,4-6H2,1-3H3/q+1/t8-,15-,17+,19-/m1/s1. The number of nitrogens with zero attached hydrogens (tertiary/aromatic N) is 3. The fourth-order valence-electron chi connectivity index (χ4n) is 5.68. The minimum absolute atomic E-state index is 0.0103. The van der Waals surface area contributed by atoms with Crippen LogP contribution < -0.4 is 4.57 Å². The van der Waals surface area contributed by atoms with Crippen LogP contribution in [-0.4, -0.2) is 15.9 Å². The van der Waals surface area contributed by atoms with Crippen LogP contribution in [0.2, 0.25) is 0 Å². The minimum atomic E-state index is -2.19. The van der Waals surface area contributed by atoms with Crippen molar-refractivity contribution in [3.05, 3.63) is 41.2 Å². The fourth-order valence-corrected chi connectivity index (χ4v) is 5.68. The van der Waals surface area contributed by atoms with Crippen LogP contribution in [0.4, 0.5) is 22.0 Å². The van der Waals surface area contributed by atoms with Gasteiger partial charge in [-0.05, 0) is 18.3 Å². The molecule has 2 fully saturated rings. The van der Waals surface area contributed by atoms with E-state index in [1.165, 1.54) is 6.33 Å². The van der Waals surface area contributed by atoms with Crippen molar-refractivity contribution >= 4 is 0 Å². The molecule has 0 amide bonds. The summed E-state index contributed by atoms with van der Waals surface area (Å²) in [5, 5.41) is 4.09. The molecule has 3 aliphatic rings. The zero-order valence-electron chi connectivity index (χ0n) is 15.6. The Balaban J connectivity index is 1.66. The van der Waals surface area contributed by atoms with Crippen molar-refractivity contribution in [3.8, 4) is 5.69 Å². The third kappa shape index (κ3) is 1.88. The number of fused-ring (bicyclic) bond motifs is 7. The molecule has 2 saturated carbocycles. The molecule has 9 heteroatoms. The molecule has 2 aromatic rings. The molecule has 1 aliphatic heterocycles. The van der Waals surface area contributed by atoms with Gasteiger partial charge in [0.2, 0.25) is 41.1 Å². The van der Waals surface area contributed by atoms with Gasteiger partial charge in [0.15, 0.2) is 0 Å². The Kier molecular flexibility index (Phi) is 3.42. The maximum Gasteiger partial charge on any atom is 0.304 e. The normalized spacial score (nSPS) is 32.5. The van der Waals surface area contributed by atoms with Crippen LogP contribution in [0, 0.1) is 45.8 Å². The van der Waals surface area contributed by atoms with Gasteiger partial charge < -0.3 is 4.74 Å². The molecule has 0 saturated heterocycles. The maximum atomic E-state index is 14.2. The first-order valence-electron chi connectivity index (χ1n) is 9.22. The van der Waals surface area contributed by atoms with Gasteiger partial charge in [-0.15, -0.1) is 0 Å². The molecule has 0 unspecified atom stereocenters. The summed E-state index contributed by atoms with van der Waals surface area (Å²) in [5.74, 6) is -9.32. The summed E-state index contributed by atoms with van der Waals surface area (Å²) < 4.78 is 77.7. The highest BCUT2D eigenvalue weighted by Gasteiger charge is 2.70. The van der Waals surface area contributed by atoms with Gasteiger partial charge in [-0.2, -0.15) is 8.78 Å². The van der Waals surface area contributed by atoms with E-state index in [1.807, 2.05) is 0 Å². The second kappa shape index (κ2) is 5.31. The first kappa shape index (κ1) is 18.0. The van der Waals surface area contributed by atoms with Gasteiger partial charge in [0.25, 0.3) is 0 Å². The molecule has 2 heterocycles. The molecule has 0 spiro atoms. The molecule has 2 bridgehead atoms. The SMILES string of the molecule is CC1(C)[C@@H]2CC[C@]1(C)[C@H]1OCc3nn(-c4c(F)c(F)c(F)c(F)c4F)c[n+]3[C@H]21. The summed E-state index contributed by atoms with van der Waals surface area (Å²) in [6, 6.07) is -0.0903. The number of benzene rings is 1. The highest BCUT2D eigenvalue weighted by atomic mass is 19.2. The third-order valence-electron chi connectivity index (χ3n) is 7.61. The van der Waals surface area contributed by atoms with Gasteiger partial charge in [0, 0.05) is 16.4 Å². The lowest BCUT2D eigenvalue weighted by Crippen LogP contribution is -2.56. The van der Waals surface area contributed by atoms with Crippen molar-refractivity contribution in [3.63, 3.8) is 0 Å². The van der Waals surface area contributed by atoms with Crippen LogP contribution in [0.25, 0.3) is 5.69 Å². The Morgan fingerprint density at radius 1 is 1.04 bits per heavy atom. The summed E-state index contributed by atoms with van der Waals surface area (Å²) in [5.41, 5.74) is -1.15. The average Bonchev–Trinajstić information content (AvgIpc) is 3.23. The van der Waals surface area contributed by atoms with Gasteiger partial charge in [-0.3, -0.25) is 0 Å². The summed E-state index contributed by atoms with van der Waals surface area (Å²) in [7, 11) is 0. The number of ether oxygens (including phenoxy) is 1. The minimum Gasteiger partial charge on any atom is -0.363 e. The highest BCUT2D eigenvalue weighted by Crippen LogP contribution is 2.69. The number of hydrogen-bond acceptors (Lipinski definition) is 2. The van der Waals surface area contributed by atoms with Gasteiger partial charge in [0.05, 0.1) is 6.10 Å². The van der Waals surface area contributed by atoms with Gasteiger partial charge >= 0.3 is 5.82 Å². The predicted octanol–water partition coefficient (Wildman–Crippen LogP) is 3.75. The lowest BCUT2D eigenvalue weighted by Gasteiger charge is -2.40. The van der Waals surface area contributed by atoms with Crippen LogP contribution in [-0.2, 0) is 11.3 Å². The molecule has 2 aliphatic carbocycles. The van der Waals surface area contributed by atoms with Crippen LogP contribution >= 0.6 is 0 Å². The number of rotatable bonds is 1. The van der Waals surface area contributed by atoms with E-state index in [0.29, 0.717) is 5.82 Å². The molecular weight excluding hydrogens is 381 g/mol. The van der Waals surface area contributed by atoms with E-state index in [4.69, 9.17) is 4.74 Å². The third-order valence-corrected chi connectivity index (χ3v) is 7.61. The van der Waals surface area contributed by atoms with E-state index >= 15 is 0 Å². The van der Waals surface area contributed by atoms with Crippen LogP contribution in [0.3, 0.4) is 0 Å². The largest absolute Gasteiger partial charge is 0.363 e. The van der Waals surface area contributed by atoms with Crippen molar-refractivity contribution in [2.24, 2.45) is 16.7 Å². The molecule has 28 heavy (non-hydrogen) atoms. The summed E-state index contributed by atoms with van der Waals surface area (Å²) >= 11 is 0. The lowest BCUT2D eigenvalue weighted by molar-refractivity contribution is -0.756. The van der Waals surface area contributed by atoms with E-state index in [2.05, 4.69) is 25.9 Å². The topological polar surface area (TPSA) is 30.9 Å². The molecule has 1 aromatic carbocycles. The first-order chi connectivity index (χ1) is 13.1. The quantitative estimate of drug-likeness (QED) is 0.316. The summed E-state index contributed by atoms with van der Waals surface area (Å²) in [6.07, 6.45) is 3.24. The first-order valence-corrected chi connectivity index (χ1v) is 9.22. The Bertz CT molecular complexity index is 990. The Labute approximate surface area is 157 Å². The average molecular weight is 400 g/mol. The van der Waals surface area contributed by atoms with E-state index in [0.717, 1.165) is 17.5 Å². The monoisotopic (exact) mass is 400 g/mol. The van der Waals surface area contributed by atoms with Gasteiger partial charge in [0.1, 0.15) is 12.6 Å². The molecule has 5 rings (SSSR count). The van der Waals surface area contributed by atoms with Crippen LogP contribution in [0.1, 0.15) is 45.5 Å². The Hall–Kier alpha value is -2.03. The van der Waals surface area contributed by atoms with Gasteiger partial charge in [-0.25, -0.2) is 17.7 Å². The van der Waals surface area contributed by atoms with Crippen molar-refractivity contribution < 1.29 is 31.3 Å². The second-order valence-corrected chi connectivity index (χ2v) is 8.81. The van der Waals surface area contributed by atoms with E-state index in [-0.39, 0.29) is 35.5 Å². The maximum absolute atomic E-state index is 14.2. The summed E-state index contributed by atoms with van der Waals surface area (Å²) in [6.45, 7) is 6.70. The zero-order chi connectivity index (χ0) is 20.2. The molecule has 0 radical (unpaired) electrons. The van der Waals surface area contributed by atoms with Gasteiger partial charge in [-0.1, -0.05) is 25.5 Å². The van der Waals surface area contributed by atoms with E-state index in [1.54, 1.807) is 4.57 Å². The molecular formula is C19H19F5N3O+. The predicted molar refractivity (Wildman–Crippen MR) is 85.8 cm³/mol. The number of hydrogen-bond donors (Lipinski definition) is 0. The van der Waals surface area contributed by atoms with Crippen molar-refractivity contribution in [2.45, 2.75) is 52.4 Å². The Morgan fingerprint density at radius 2 is 1.64 bits per heavy atom. The van der Waals surface area contributed by atoms with Crippen molar-refractivity contribution in [1.29, 1.82) is 0 Å². The fraction of sp³-hybridized carbons (Fsp3) is 0.579. The van der Waals surface area contributed by atoms with E-state index < -0.39 is 34.8 Å². The second-order valence-electron chi connectivity index (χ2n) is 8.81. The van der Waals surface area contributed by atoms with E-state index in [9.17, 15) is 22.0 Å². The molecule has 4 atom stereocenters. The Morgan fingerprint density at radius 3 is 2.29 bits per heavy atom. The molecule has 1 aromatic heterocycles. The summed E-state index contributed by atoms with van der Waals surface area (Å²) in [4.78, 5) is 0. The molecule has 150 valence electrons. The molecule has 0 N–H and O–H groups in total. The van der Waals surface area contributed by atoms with Crippen LogP contribution in [0.15, 0.2) is 6.33 Å². The molecule has 4 nitrogen and oxygen atoms in total. The van der Waals surface area contributed by atoms with Crippen molar-refractivity contribution in [2.75, 3.05) is 0 Å².